The molecule has 0 aliphatic rings. The lowest BCUT2D eigenvalue weighted by Gasteiger charge is -1.84. The fourth-order valence-corrected chi connectivity index (χ4v) is 0.741. The summed E-state index contributed by atoms with van der Waals surface area (Å²) in [5.41, 5.74) is 2.20. The van der Waals surface area contributed by atoms with Gasteiger partial charge >= 0.3 is 0 Å². The molecule has 1 heteroatoms. The Balaban J connectivity index is 3.12. The van der Waals surface area contributed by atoms with Crippen LogP contribution in [0, 0.1) is 0 Å². The highest BCUT2D eigenvalue weighted by molar-refractivity contribution is 5.62. The van der Waals surface area contributed by atoms with Gasteiger partial charge in [-0.1, -0.05) is 25.3 Å². The van der Waals surface area contributed by atoms with Crippen molar-refractivity contribution in [2.45, 2.75) is 0 Å². The molecule has 0 radical (unpaired) electrons. The summed E-state index contributed by atoms with van der Waals surface area (Å²) in [7, 11) is 0. The smallest absolute Gasteiger partial charge is 0.00841 e. The van der Waals surface area contributed by atoms with Crippen LogP contribution in [0.2, 0.25) is 0 Å². The Hall–Kier alpha value is -1.24. The Bertz CT molecular complexity index is 198. The third kappa shape index (κ3) is 0.941. The Labute approximate surface area is 54.7 Å². The number of H-pyrrole nitrogens is 1. The maximum absolute atomic E-state index is 3.64. The predicted molar refractivity (Wildman–Crippen MR) is 41.0 cm³/mol. The number of aromatic amines is 1. The quantitative estimate of drug-likeness (QED) is 0.614. The summed E-state index contributed by atoms with van der Waals surface area (Å²) in [4.78, 5) is 2.96. The van der Waals surface area contributed by atoms with Crippen molar-refractivity contribution in [2.75, 3.05) is 0 Å². The standard InChI is InChI=1S/C8H9N/c1-3-7-5-9-6-8(7)4-2/h3-6,9H,1-2H2. The van der Waals surface area contributed by atoms with E-state index < -0.39 is 0 Å². The molecule has 0 aliphatic heterocycles. The summed E-state index contributed by atoms with van der Waals surface area (Å²) in [6.45, 7) is 7.29. The van der Waals surface area contributed by atoms with Crippen molar-refractivity contribution in [1.29, 1.82) is 0 Å². The van der Waals surface area contributed by atoms with E-state index in [1.165, 1.54) is 0 Å². The number of aromatic nitrogens is 1. The molecule has 0 amide bonds. The molecular weight excluding hydrogens is 110 g/mol. The molecule has 0 fully saturated rings. The van der Waals surface area contributed by atoms with Gasteiger partial charge in [0.1, 0.15) is 0 Å². The van der Waals surface area contributed by atoms with Crippen LogP contribution < -0.4 is 0 Å². The van der Waals surface area contributed by atoms with Gasteiger partial charge in [0.25, 0.3) is 0 Å². The first-order valence-electron chi connectivity index (χ1n) is 2.80. The summed E-state index contributed by atoms with van der Waals surface area (Å²) in [6.07, 6.45) is 7.38. The van der Waals surface area contributed by atoms with Gasteiger partial charge in [0.15, 0.2) is 0 Å². The molecule has 1 nitrogen and oxygen atoms in total. The molecule has 9 heavy (non-hydrogen) atoms. The van der Waals surface area contributed by atoms with E-state index in [0.29, 0.717) is 0 Å². The van der Waals surface area contributed by atoms with Gasteiger partial charge in [-0.25, -0.2) is 0 Å². The molecule has 0 unspecified atom stereocenters. The van der Waals surface area contributed by atoms with E-state index in [1.54, 1.807) is 12.2 Å². The molecular formula is C8H9N. The molecule has 0 spiro atoms. The lowest BCUT2D eigenvalue weighted by atomic mass is 10.2. The van der Waals surface area contributed by atoms with Gasteiger partial charge < -0.3 is 4.98 Å². The third-order valence-corrected chi connectivity index (χ3v) is 1.25. The maximum atomic E-state index is 3.64. The van der Waals surface area contributed by atoms with Gasteiger partial charge in [-0.05, 0) is 11.1 Å². The van der Waals surface area contributed by atoms with E-state index in [9.17, 15) is 0 Å². The summed E-state index contributed by atoms with van der Waals surface area (Å²) in [6, 6.07) is 0. The minimum atomic E-state index is 1.10. The normalized spacial score (nSPS) is 8.89. The van der Waals surface area contributed by atoms with E-state index in [2.05, 4.69) is 18.1 Å². The van der Waals surface area contributed by atoms with Gasteiger partial charge in [-0.2, -0.15) is 0 Å². The molecule has 1 heterocycles. The number of hydrogen-bond acceptors (Lipinski definition) is 0. The van der Waals surface area contributed by atoms with Crippen LogP contribution in [0.15, 0.2) is 25.6 Å². The average molecular weight is 119 g/mol. The van der Waals surface area contributed by atoms with Gasteiger partial charge in [0.05, 0.1) is 0 Å². The van der Waals surface area contributed by atoms with Crippen molar-refractivity contribution in [2.24, 2.45) is 0 Å². The van der Waals surface area contributed by atoms with Gasteiger partial charge in [-0.3, -0.25) is 0 Å². The van der Waals surface area contributed by atoms with Crippen LogP contribution >= 0.6 is 0 Å². The first-order chi connectivity index (χ1) is 4.38. The first kappa shape index (κ1) is 5.89. The zero-order chi connectivity index (χ0) is 6.69. The zero-order valence-corrected chi connectivity index (χ0v) is 5.22. The first-order valence-corrected chi connectivity index (χ1v) is 2.80. The molecule has 1 N–H and O–H groups in total. The Morgan fingerprint density at radius 2 is 1.56 bits per heavy atom. The second-order valence-corrected chi connectivity index (χ2v) is 1.77. The number of hydrogen-bond donors (Lipinski definition) is 1. The lowest BCUT2D eigenvalue weighted by molar-refractivity contribution is 1.41. The van der Waals surface area contributed by atoms with E-state index in [0.717, 1.165) is 11.1 Å². The minimum Gasteiger partial charge on any atom is -0.366 e. The number of rotatable bonds is 2. The number of nitrogens with one attached hydrogen (secondary N) is 1. The van der Waals surface area contributed by atoms with Crippen LogP contribution in [0.1, 0.15) is 11.1 Å². The van der Waals surface area contributed by atoms with Gasteiger partial charge in [-0.15, -0.1) is 0 Å². The highest BCUT2D eigenvalue weighted by atomic mass is 14.6. The molecule has 1 aromatic rings. The highest BCUT2D eigenvalue weighted by Gasteiger charge is 1.91. The Morgan fingerprint density at radius 3 is 1.89 bits per heavy atom. The largest absolute Gasteiger partial charge is 0.366 e. The van der Waals surface area contributed by atoms with Crippen LogP contribution in [0.4, 0.5) is 0 Å². The van der Waals surface area contributed by atoms with Crippen LogP contribution in [-0.2, 0) is 0 Å². The highest BCUT2D eigenvalue weighted by Crippen LogP contribution is 2.09. The molecule has 0 aliphatic carbocycles. The monoisotopic (exact) mass is 119 g/mol. The van der Waals surface area contributed by atoms with Crippen LogP contribution in [0.5, 0.6) is 0 Å². The van der Waals surface area contributed by atoms with Crippen molar-refractivity contribution >= 4 is 12.2 Å². The Kier molecular flexibility index (Phi) is 1.54. The SMILES string of the molecule is C=Cc1c[nH]cc1C=C. The van der Waals surface area contributed by atoms with E-state index in [1.807, 2.05) is 12.4 Å². The molecule has 0 aromatic carbocycles. The molecule has 0 bridgehead atoms. The molecule has 0 saturated heterocycles. The van der Waals surface area contributed by atoms with Crippen molar-refractivity contribution < 1.29 is 0 Å². The van der Waals surface area contributed by atoms with E-state index in [-0.39, 0.29) is 0 Å². The van der Waals surface area contributed by atoms with Crippen molar-refractivity contribution in [3.05, 3.63) is 36.7 Å². The van der Waals surface area contributed by atoms with Crippen molar-refractivity contribution in [1.82, 2.24) is 4.98 Å². The molecule has 0 saturated carbocycles. The fraction of sp³-hybridized carbons (Fsp3) is 0. The minimum absolute atomic E-state index is 1.10. The van der Waals surface area contributed by atoms with Crippen LogP contribution in [0.25, 0.3) is 12.2 Å². The van der Waals surface area contributed by atoms with E-state index in [4.69, 9.17) is 0 Å². The van der Waals surface area contributed by atoms with E-state index >= 15 is 0 Å². The zero-order valence-electron chi connectivity index (χ0n) is 5.22. The maximum Gasteiger partial charge on any atom is 0.00841 e. The predicted octanol–water partition coefficient (Wildman–Crippen LogP) is 2.30. The van der Waals surface area contributed by atoms with Crippen LogP contribution in [-0.4, -0.2) is 4.98 Å². The van der Waals surface area contributed by atoms with Crippen LogP contribution in [0.3, 0.4) is 0 Å². The Morgan fingerprint density at radius 1 is 1.11 bits per heavy atom. The van der Waals surface area contributed by atoms with Gasteiger partial charge in [0.2, 0.25) is 0 Å². The van der Waals surface area contributed by atoms with Gasteiger partial charge in [0, 0.05) is 12.4 Å². The fourth-order valence-electron chi connectivity index (χ4n) is 0.741. The molecule has 1 aromatic heterocycles. The molecule has 46 valence electrons. The summed E-state index contributed by atoms with van der Waals surface area (Å²) >= 11 is 0. The van der Waals surface area contributed by atoms with Crippen molar-refractivity contribution in [3.63, 3.8) is 0 Å². The average Bonchev–Trinajstić information content (AvgIpc) is 2.33. The topological polar surface area (TPSA) is 15.8 Å². The second kappa shape index (κ2) is 2.35. The lowest BCUT2D eigenvalue weighted by Crippen LogP contribution is -1.66. The van der Waals surface area contributed by atoms with Crippen molar-refractivity contribution in [3.8, 4) is 0 Å². The third-order valence-electron chi connectivity index (χ3n) is 1.25. The summed E-state index contributed by atoms with van der Waals surface area (Å²) in [5.74, 6) is 0. The molecule has 0 atom stereocenters. The summed E-state index contributed by atoms with van der Waals surface area (Å²) < 4.78 is 0. The summed E-state index contributed by atoms with van der Waals surface area (Å²) in [5, 5.41) is 0. The second-order valence-electron chi connectivity index (χ2n) is 1.77. The molecule has 1 rings (SSSR count).